The van der Waals surface area contributed by atoms with Gasteiger partial charge in [0.2, 0.25) is 0 Å². The van der Waals surface area contributed by atoms with Gasteiger partial charge in [0.1, 0.15) is 5.75 Å². The summed E-state index contributed by atoms with van der Waals surface area (Å²) in [4.78, 5) is 10.9. The quantitative estimate of drug-likeness (QED) is 0.707. The molecule has 0 aliphatic heterocycles. The lowest BCUT2D eigenvalue weighted by atomic mass is 9.97. The first kappa shape index (κ1) is 14.8. The zero-order chi connectivity index (χ0) is 14.7. The number of aliphatic hydroxyl groups is 1. The molecular weight excluding hydrogens is 258 g/mol. The molecule has 0 heterocycles. The third-order valence-corrected chi connectivity index (χ3v) is 3.56. The number of rotatable bonds is 7. The molecule has 2 unspecified atom stereocenters. The predicted molar refractivity (Wildman–Crippen MR) is 74.9 cm³/mol. The number of hydrogen-bond donors (Lipinski definition) is 3. The topological polar surface area (TPSA) is 78.8 Å². The van der Waals surface area contributed by atoms with E-state index in [1.54, 1.807) is 19.2 Å². The highest BCUT2D eigenvalue weighted by Crippen LogP contribution is 2.28. The largest absolute Gasteiger partial charge is 0.496 e. The van der Waals surface area contributed by atoms with Crippen LogP contribution in [0.1, 0.15) is 36.5 Å². The molecule has 3 N–H and O–H groups in total. The van der Waals surface area contributed by atoms with Crippen molar-refractivity contribution in [3.05, 3.63) is 29.3 Å². The number of benzene rings is 1. The van der Waals surface area contributed by atoms with E-state index >= 15 is 0 Å². The first-order chi connectivity index (χ1) is 9.51. The molecule has 1 aliphatic rings. The fraction of sp³-hybridized carbons (Fsp3) is 0.533. The van der Waals surface area contributed by atoms with Crippen molar-refractivity contribution in [3.8, 4) is 5.75 Å². The molecule has 1 fully saturated rings. The fourth-order valence-corrected chi connectivity index (χ4v) is 2.32. The molecule has 20 heavy (non-hydrogen) atoms. The lowest BCUT2D eigenvalue weighted by Gasteiger charge is -2.23. The van der Waals surface area contributed by atoms with Crippen molar-refractivity contribution in [1.82, 2.24) is 5.32 Å². The lowest BCUT2D eigenvalue weighted by Crippen LogP contribution is -2.38. The second-order valence-corrected chi connectivity index (χ2v) is 5.32. The van der Waals surface area contributed by atoms with Gasteiger partial charge in [-0.25, -0.2) is 0 Å². The van der Waals surface area contributed by atoms with E-state index < -0.39 is 18.1 Å². The summed E-state index contributed by atoms with van der Waals surface area (Å²) >= 11 is 0. The maximum absolute atomic E-state index is 10.9. The van der Waals surface area contributed by atoms with Crippen molar-refractivity contribution in [2.45, 2.75) is 44.4 Å². The van der Waals surface area contributed by atoms with Crippen LogP contribution in [0.15, 0.2) is 18.2 Å². The van der Waals surface area contributed by atoms with Gasteiger partial charge in [-0.05, 0) is 43.0 Å². The summed E-state index contributed by atoms with van der Waals surface area (Å²) in [6.45, 7) is 1.90. The predicted octanol–water partition coefficient (Wildman–Crippen LogP) is 1.63. The Kier molecular flexibility index (Phi) is 4.62. The molecule has 0 aromatic heterocycles. The summed E-state index contributed by atoms with van der Waals surface area (Å²) in [7, 11) is 1.60. The molecule has 0 saturated heterocycles. The Morgan fingerprint density at radius 1 is 1.50 bits per heavy atom. The Labute approximate surface area is 118 Å². The van der Waals surface area contributed by atoms with Crippen molar-refractivity contribution in [3.63, 3.8) is 0 Å². The monoisotopic (exact) mass is 279 g/mol. The van der Waals surface area contributed by atoms with E-state index in [-0.39, 0.29) is 6.42 Å². The van der Waals surface area contributed by atoms with E-state index in [1.807, 2.05) is 13.0 Å². The van der Waals surface area contributed by atoms with Gasteiger partial charge in [0.05, 0.1) is 19.6 Å². The Balaban J connectivity index is 2.14. The van der Waals surface area contributed by atoms with Crippen LogP contribution in [0.5, 0.6) is 5.75 Å². The molecule has 0 bridgehead atoms. The number of carboxylic acid groups (broad SMARTS) is 1. The minimum Gasteiger partial charge on any atom is -0.496 e. The van der Waals surface area contributed by atoms with Crippen LogP contribution in [-0.2, 0) is 4.79 Å². The van der Waals surface area contributed by atoms with Crippen LogP contribution in [0, 0.1) is 6.92 Å². The van der Waals surface area contributed by atoms with Gasteiger partial charge >= 0.3 is 5.97 Å². The van der Waals surface area contributed by atoms with Gasteiger partial charge < -0.3 is 20.3 Å². The highest BCUT2D eigenvalue weighted by Gasteiger charge is 2.30. The number of carboxylic acids is 1. The van der Waals surface area contributed by atoms with Crippen molar-refractivity contribution in [1.29, 1.82) is 0 Å². The van der Waals surface area contributed by atoms with Gasteiger partial charge in [-0.15, -0.1) is 0 Å². The Morgan fingerprint density at radius 2 is 2.20 bits per heavy atom. The van der Waals surface area contributed by atoms with Gasteiger partial charge in [0.25, 0.3) is 0 Å². The number of ether oxygens (including phenoxy) is 1. The first-order valence-electron chi connectivity index (χ1n) is 6.81. The molecule has 2 atom stereocenters. The van der Waals surface area contributed by atoms with Crippen LogP contribution < -0.4 is 10.1 Å². The van der Waals surface area contributed by atoms with Crippen LogP contribution in [0.2, 0.25) is 0 Å². The molecule has 0 amide bonds. The lowest BCUT2D eigenvalue weighted by molar-refractivity contribution is -0.138. The maximum Gasteiger partial charge on any atom is 0.305 e. The average Bonchev–Trinajstić information content (AvgIpc) is 3.20. The number of aliphatic hydroxyl groups excluding tert-OH is 1. The molecule has 1 aromatic rings. The number of aliphatic carboxylic acids is 1. The van der Waals surface area contributed by atoms with Gasteiger partial charge in [0.15, 0.2) is 0 Å². The molecule has 1 aliphatic carbocycles. The third-order valence-electron chi connectivity index (χ3n) is 3.56. The second-order valence-electron chi connectivity index (χ2n) is 5.32. The van der Waals surface area contributed by atoms with Crippen molar-refractivity contribution in [2.24, 2.45) is 0 Å². The number of methoxy groups -OCH3 is 1. The molecule has 5 heteroatoms. The van der Waals surface area contributed by atoms with E-state index in [2.05, 4.69) is 5.32 Å². The normalized spacial score (nSPS) is 17.6. The zero-order valence-electron chi connectivity index (χ0n) is 11.8. The molecule has 5 nitrogen and oxygen atoms in total. The Hall–Kier alpha value is -1.59. The molecule has 1 aromatic carbocycles. The summed E-state index contributed by atoms with van der Waals surface area (Å²) in [6, 6.07) is 5.29. The van der Waals surface area contributed by atoms with Crippen LogP contribution in [0.3, 0.4) is 0 Å². The average molecular weight is 279 g/mol. The minimum absolute atomic E-state index is 0.0945. The van der Waals surface area contributed by atoms with Gasteiger partial charge in [-0.3, -0.25) is 4.79 Å². The Bertz CT molecular complexity index is 485. The van der Waals surface area contributed by atoms with E-state index in [1.165, 1.54) is 0 Å². The number of hydrogen-bond acceptors (Lipinski definition) is 4. The first-order valence-corrected chi connectivity index (χ1v) is 6.81. The van der Waals surface area contributed by atoms with Crippen molar-refractivity contribution >= 4 is 5.97 Å². The van der Waals surface area contributed by atoms with Crippen molar-refractivity contribution < 1.29 is 19.7 Å². The van der Waals surface area contributed by atoms with Crippen LogP contribution in [0.25, 0.3) is 0 Å². The molecular formula is C15H21NO4. The summed E-state index contributed by atoms with van der Waals surface area (Å²) in [5.74, 6) is -0.154. The van der Waals surface area contributed by atoms with Gasteiger partial charge in [-0.1, -0.05) is 6.07 Å². The summed E-state index contributed by atoms with van der Waals surface area (Å²) in [5.41, 5.74) is 1.63. The van der Waals surface area contributed by atoms with E-state index in [0.717, 1.165) is 24.2 Å². The summed E-state index contributed by atoms with van der Waals surface area (Å²) in [5, 5.41) is 22.6. The fourth-order valence-electron chi connectivity index (χ4n) is 2.32. The highest BCUT2D eigenvalue weighted by molar-refractivity contribution is 5.67. The Morgan fingerprint density at radius 3 is 2.70 bits per heavy atom. The minimum atomic E-state index is -0.910. The molecule has 1 saturated carbocycles. The third kappa shape index (κ3) is 3.71. The number of nitrogens with one attached hydrogen (secondary N) is 1. The molecule has 110 valence electrons. The second kappa shape index (κ2) is 6.24. The standard InChI is InChI=1S/C15H21NO4/c1-9-7-10(3-6-13(9)20-2)15(19)12(8-14(17)18)16-11-4-5-11/h3,6-7,11-12,15-16,19H,4-5,8H2,1-2H3,(H,17,18). The van der Waals surface area contributed by atoms with Gasteiger partial charge in [0, 0.05) is 12.1 Å². The summed E-state index contributed by atoms with van der Waals surface area (Å²) < 4.78 is 5.19. The number of carbonyl (C=O) groups is 1. The molecule has 0 spiro atoms. The zero-order valence-corrected chi connectivity index (χ0v) is 11.8. The molecule has 2 rings (SSSR count). The van der Waals surface area contributed by atoms with E-state index in [4.69, 9.17) is 9.84 Å². The van der Waals surface area contributed by atoms with Crippen LogP contribution >= 0.6 is 0 Å². The van der Waals surface area contributed by atoms with Crippen molar-refractivity contribution in [2.75, 3.05) is 7.11 Å². The maximum atomic E-state index is 10.9. The number of aryl methyl sites for hydroxylation is 1. The van der Waals surface area contributed by atoms with E-state index in [9.17, 15) is 9.90 Å². The van der Waals surface area contributed by atoms with E-state index in [0.29, 0.717) is 11.6 Å². The smallest absolute Gasteiger partial charge is 0.305 e. The summed E-state index contributed by atoms with van der Waals surface area (Å²) in [6.07, 6.45) is 1.16. The van der Waals surface area contributed by atoms with Crippen LogP contribution in [-0.4, -0.2) is 35.4 Å². The SMILES string of the molecule is COc1ccc(C(O)C(CC(=O)O)NC2CC2)cc1C. The molecule has 0 radical (unpaired) electrons. The van der Waals surface area contributed by atoms with Crippen LogP contribution in [0.4, 0.5) is 0 Å². The van der Waals surface area contributed by atoms with Gasteiger partial charge in [-0.2, -0.15) is 0 Å². The highest BCUT2D eigenvalue weighted by atomic mass is 16.5.